The number of hydrogen-bond acceptors (Lipinski definition) is 2. The van der Waals surface area contributed by atoms with Crippen LogP contribution >= 0.6 is 11.6 Å². The highest BCUT2D eigenvalue weighted by atomic mass is 35.5. The number of ether oxygens (including phenoxy) is 1. The SMILES string of the molecule is Cc1cc(Oc2cccc(F)c2CN)ccc1Cl. The number of benzene rings is 2. The molecule has 0 heterocycles. The zero-order valence-electron chi connectivity index (χ0n) is 9.91. The highest BCUT2D eigenvalue weighted by molar-refractivity contribution is 6.31. The van der Waals surface area contributed by atoms with Gasteiger partial charge >= 0.3 is 0 Å². The first-order valence-electron chi connectivity index (χ1n) is 5.53. The molecule has 0 spiro atoms. The van der Waals surface area contributed by atoms with E-state index in [1.165, 1.54) is 6.07 Å². The average Bonchev–Trinajstić information content (AvgIpc) is 2.34. The molecule has 2 aromatic carbocycles. The summed E-state index contributed by atoms with van der Waals surface area (Å²) >= 11 is 5.93. The van der Waals surface area contributed by atoms with E-state index in [1.54, 1.807) is 30.3 Å². The molecule has 0 amide bonds. The Morgan fingerprint density at radius 1 is 1.28 bits per heavy atom. The van der Waals surface area contributed by atoms with Crippen molar-refractivity contribution in [3.8, 4) is 11.5 Å². The first-order chi connectivity index (χ1) is 8.61. The highest BCUT2D eigenvalue weighted by Crippen LogP contribution is 2.29. The summed E-state index contributed by atoms with van der Waals surface area (Å²) in [5.41, 5.74) is 6.79. The van der Waals surface area contributed by atoms with Gasteiger partial charge in [-0.05, 0) is 42.8 Å². The van der Waals surface area contributed by atoms with E-state index in [4.69, 9.17) is 22.1 Å². The van der Waals surface area contributed by atoms with Crippen LogP contribution < -0.4 is 10.5 Å². The molecular weight excluding hydrogens is 253 g/mol. The lowest BCUT2D eigenvalue weighted by molar-refractivity contribution is 0.467. The maximum absolute atomic E-state index is 13.5. The fraction of sp³-hybridized carbons (Fsp3) is 0.143. The molecule has 4 heteroatoms. The minimum atomic E-state index is -0.360. The summed E-state index contributed by atoms with van der Waals surface area (Å²) in [6, 6.07) is 9.92. The van der Waals surface area contributed by atoms with E-state index >= 15 is 0 Å². The van der Waals surface area contributed by atoms with Gasteiger partial charge in [0.25, 0.3) is 0 Å². The first kappa shape index (κ1) is 12.9. The number of aryl methyl sites for hydroxylation is 1. The molecule has 0 bridgehead atoms. The second-order valence-electron chi connectivity index (χ2n) is 3.93. The molecule has 0 fully saturated rings. The van der Waals surface area contributed by atoms with Gasteiger partial charge in [0.2, 0.25) is 0 Å². The Kier molecular flexibility index (Phi) is 3.84. The molecule has 0 atom stereocenters. The van der Waals surface area contributed by atoms with Gasteiger partial charge in [-0.25, -0.2) is 4.39 Å². The van der Waals surface area contributed by atoms with Gasteiger partial charge in [0.1, 0.15) is 17.3 Å². The molecule has 0 radical (unpaired) electrons. The van der Waals surface area contributed by atoms with Gasteiger partial charge in [0.15, 0.2) is 0 Å². The van der Waals surface area contributed by atoms with Crippen LogP contribution in [0.1, 0.15) is 11.1 Å². The third kappa shape index (κ3) is 2.63. The van der Waals surface area contributed by atoms with E-state index in [1.807, 2.05) is 6.92 Å². The summed E-state index contributed by atoms with van der Waals surface area (Å²) in [5.74, 6) is 0.678. The average molecular weight is 266 g/mol. The number of nitrogens with two attached hydrogens (primary N) is 1. The molecular formula is C14H13ClFNO. The second kappa shape index (κ2) is 5.38. The molecule has 0 unspecified atom stereocenters. The van der Waals surface area contributed by atoms with Crippen molar-refractivity contribution >= 4 is 11.6 Å². The predicted octanol–water partition coefficient (Wildman–Crippen LogP) is 4.04. The Bertz CT molecular complexity index is 572. The van der Waals surface area contributed by atoms with Crippen molar-refractivity contribution in [3.63, 3.8) is 0 Å². The van der Waals surface area contributed by atoms with E-state index in [2.05, 4.69) is 0 Å². The lowest BCUT2D eigenvalue weighted by Crippen LogP contribution is -2.02. The largest absolute Gasteiger partial charge is 0.457 e. The molecule has 0 aliphatic carbocycles. The van der Waals surface area contributed by atoms with E-state index in [-0.39, 0.29) is 12.4 Å². The van der Waals surface area contributed by atoms with Crippen molar-refractivity contribution in [2.75, 3.05) is 0 Å². The van der Waals surface area contributed by atoms with Gasteiger partial charge in [-0.2, -0.15) is 0 Å². The zero-order chi connectivity index (χ0) is 13.1. The van der Waals surface area contributed by atoms with Gasteiger partial charge in [0, 0.05) is 17.1 Å². The maximum atomic E-state index is 13.5. The molecule has 2 nitrogen and oxygen atoms in total. The fourth-order valence-corrected chi connectivity index (χ4v) is 1.76. The zero-order valence-corrected chi connectivity index (χ0v) is 10.7. The minimum absolute atomic E-state index is 0.0918. The van der Waals surface area contributed by atoms with Crippen molar-refractivity contribution in [1.82, 2.24) is 0 Å². The van der Waals surface area contributed by atoms with Crippen molar-refractivity contribution in [1.29, 1.82) is 0 Å². The van der Waals surface area contributed by atoms with Gasteiger partial charge in [0.05, 0.1) is 0 Å². The van der Waals surface area contributed by atoms with E-state index in [0.29, 0.717) is 22.1 Å². The smallest absolute Gasteiger partial charge is 0.134 e. The molecule has 2 N–H and O–H groups in total. The van der Waals surface area contributed by atoms with Gasteiger partial charge in [-0.1, -0.05) is 17.7 Å². The van der Waals surface area contributed by atoms with Gasteiger partial charge in [-0.3, -0.25) is 0 Å². The van der Waals surface area contributed by atoms with Gasteiger partial charge in [-0.15, -0.1) is 0 Å². The summed E-state index contributed by atoms with van der Waals surface area (Å²) in [6.45, 7) is 1.97. The van der Waals surface area contributed by atoms with Crippen LogP contribution in [0.3, 0.4) is 0 Å². The molecule has 0 saturated heterocycles. The summed E-state index contributed by atoms with van der Waals surface area (Å²) in [6.07, 6.45) is 0. The monoisotopic (exact) mass is 265 g/mol. The number of hydrogen-bond donors (Lipinski definition) is 1. The quantitative estimate of drug-likeness (QED) is 0.909. The van der Waals surface area contributed by atoms with Crippen LogP contribution in [0.2, 0.25) is 5.02 Å². The lowest BCUT2D eigenvalue weighted by atomic mass is 10.2. The lowest BCUT2D eigenvalue weighted by Gasteiger charge is -2.11. The molecule has 18 heavy (non-hydrogen) atoms. The number of halogens is 2. The molecule has 0 aliphatic rings. The van der Waals surface area contributed by atoms with Crippen LogP contribution in [0.5, 0.6) is 11.5 Å². The Hall–Kier alpha value is -1.58. The van der Waals surface area contributed by atoms with E-state index in [9.17, 15) is 4.39 Å². The molecule has 2 aromatic rings. The van der Waals surface area contributed by atoms with E-state index in [0.717, 1.165) is 5.56 Å². The number of rotatable bonds is 3. The Labute approximate surface area is 110 Å². The van der Waals surface area contributed by atoms with Crippen molar-refractivity contribution < 1.29 is 9.13 Å². The Morgan fingerprint density at radius 2 is 2.06 bits per heavy atom. The molecule has 2 rings (SSSR count). The maximum Gasteiger partial charge on any atom is 0.134 e. The van der Waals surface area contributed by atoms with Crippen molar-refractivity contribution in [2.45, 2.75) is 13.5 Å². The third-order valence-electron chi connectivity index (χ3n) is 2.64. The molecule has 0 saturated carbocycles. The van der Waals surface area contributed by atoms with Crippen LogP contribution in [-0.4, -0.2) is 0 Å². The van der Waals surface area contributed by atoms with Crippen LogP contribution in [0.25, 0.3) is 0 Å². The Morgan fingerprint density at radius 3 is 2.72 bits per heavy atom. The normalized spacial score (nSPS) is 10.4. The Balaban J connectivity index is 2.34. The molecule has 0 aliphatic heterocycles. The first-order valence-corrected chi connectivity index (χ1v) is 5.91. The summed E-state index contributed by atoms with van der Waals surface area (Å²) in [4.78, 5) is 0. The van der Waals surface area contributed by atoms with Crippen molar-refractivity contribution in [2.24, 2.45) is 5.73 Å². The minimum Gasteiger partial charge on any atom is -0.457 e. The molecule has 0 aromatic heterocycles. The standard InChI is InChI=1S/C14H13ClFNO/c1-9-7-10(5-6-12(9)15)18-14-4-2-3-13(16)11(14)8-17/h2-7H,8,17H2,1H3. The third-order valence-corrected chi connectivity index (χ3v) is 3.06. The van der Waals surface area contributed by atoms with Crippen molar-refractivity contribution in [3.05, 3.63) is 58.4 Å². The summed E-state index contributed by atoms with van der Waals surface area (Å²) in [7, 11) is 0. The van der Waals surface area contributed by atoms with Crippen LogP contribution in [0.15, 0.2) is 36.4 Å². The van der Waals surface area contributed by atoms with Gasteiger partial charge < -0.3 is 10.5 Å². The second-order valence-corrected chi connectivity index (χ2v) is 4.34. The molecule has 94 valence electrons. The highest BCUT2D eigenvalue weighted by Gasteiger charge is 2.09. The van der Waals surface area contributed by atoms with Crippen LogP contribution in [0, 0.1) is 12.7 Å². The van der Waals surface area contributed by atoms with Crippen LogP contribution in [-0.2, 0) is 6.54 Å². The fourth-order valence-electron chi connectivity index (χ4n) is 1.64. The van der Waals surface area contributed by atoms with E-state index < -0.39 is 0 Å². The topological polar surface area (TPSA) is 35.2 Å². The van der Waals surface area contributed by atoms with Crippen LogP contribution in [0.4, 0.5) is 4.39 Å². The summed E-state index contributed by atoms with van der Waals surface area (Å²) < 4.78 is 19.2. The predicted molar refractivity (Wildman–Crippen MR) is 70.6 cm³/mol. The summed E-state index contributed by atoms with van der Waals surface area (Å²) in [5, 5.41) is 0.667.